The number of piperidine rings is 1. The molecule has 162 valence electrons. The van der Waals surface area contributed by atoms with Gasteiger partial charge >= 0.3 is 11.7 Å². The summed E-state index contributed by atoms with van der Waals surface area (Å²) in [6.07, 6.45) is 7.75. The molecule has 0 saturated carbocycles. The number of nitrogens with one attached hydrogen (secondary N) is 1. The van der Waals surface area contributed by atoms with Crippen LogP contribution in [0.2, 0.25) is 0 Å². The van der Waals surface area contributed by atoms with Gasteiger partial charge in [-0.3, -0.25) is 4.57 Å². The van der Waals surface area contributed by atoms with Gasteiger partial charge in [-0.15, -0.1) is 0 Å². The Morgan fingerprint density at radius 2 is 1.93 bits per heavy atom. The Hall–Kier alpha value is -2.09. The lowest BCUT2D eigenvalue weighted by Gasteiger charge is -2.37. The van der Waals surface area contributed by atoms with Gasteiger partial charge in [0.25, 0.3) is 0 Å². The second kappa shape index (κ2) is 10.1. The Kier molecular flexibility index (Phi) is 7.52. The fourth-order valence-corrected chi connectivity index (χ4v) is 4.33. The second-order valence-electron chi connectivity index (χ2n) is 8.11. The standard InChI is InChI=1S/C21H36N6O2/c1-4-7-14-29-20-24-18(22)17-19(25-20)27(21(28)23-17)13-10-15-8-11-26(12-9-15)16(5-2)6-3/h15-16H,4-14H2,1-3H3,(H,23,28)(H2,22,24,25). The number of fused-ring (bicyclic) bond motifs is 1. The first kappa shape index (κ1) is 21.6. The van der Waals surface area contributed by atoms with Gasteiger partial charge in [-0.1, -0.05) is 27.2 Å². The van der Waals surface area contributed by atoms with Crippen molar-refractivity contribution in [1.29, 1.82) is 0 Å². The molecule has 3 heterocycles. The normalized spacial score (nSPS) is 16.1. The molecule has 2 aromatic heterocycles. The van der Waals surface area contributed by atoms with Crippen LogP contribution >= 0.6 is 0 Å². The molecule has 1 aliphatic heterocycles. The lowest BCUT2D eigenvalue weighted by atomic mass is 9.92. The number of nitrogens with zero attached hydrogens (tertiary/aromatic N) is 4. The Balaban J connectivity index is 1.65. The molecule has 0 aromatic carbocycles. The number of hydrogen-bond donors (Lipinski definition) is 2. The monoisotopic (exact) mass is 404 g/mol. The van der Waals surface area contributed by atoms with Crippen LogP contribution in [0.25, 0.3) is 11.2 Å². The molecule has 8 nitrogen and oxygen atoms in total. The number of ether oxygens (including phenoxy) is 1. The third-order valence-electron chi connectivity index (χ3n) is 6.23. The summed E-state index contributed by atoms with van der Waals surface area (Å²) in [4.78, 5) is 26.6. The number of aryl methyl sites for hydroxylation is 1. The number of unbranched alkanes of at least 4 members (excludes halogenated alkanes) is 1. The van der Waals surface area contributed by atoms with Crippen molar-refractivity contribution in [3.05, 3.63) is 10.5 Å². The van der Waals surface area contributed by atoms with Gasteiger partial charge in [0.1, 0.15) is 5.52 Å². The summed E-state index contributed by atoms with van der Waals surface area (Å²) in [6, 6.07) is 0.952. The summed E-state index contributed by atoms with van der Waals surface area (Å²) < 4.78 is 7.30. The number of rotatable bonds is 10. The van der Waals surface area contributed by atoms with E-state index < -0.39 is 0 Å². The first-order chi connectivity index (χ1) is 14.1. The maximum absolute atomic E-state index is 12.5. The van der Waals surface area contributed by atoms with Crippen LogP contribution in [0.1, 0.15) is 65.7 Å². The molecule has 0 aliphatic carbocycles. The minimum Gasteiger partial charge on any atom is -0.463 e. The molecule has 3 rings (SSSR count). The van der Waals surface area contributed by atoms with E-state index in [0.29, 0.717) is 36.3 Å². The molecule has 1 aliphatic rings. The van der Waals surface area contributed by atoms with Crippen molar-refractivity contribution in [2.45, 2.75) is 78.3 Å². The van der Waals surface area contributed by atoms with Crippen LogP contribution in [-0.2, 0) is 6.54 Å². The molecule has 3 N–H and O–H groups in total. The van der Waals surface area contributed by atoms with Gasteiger partial charge in [0.05, 0.1) is 6.61 Å². The van der Waals surface area contributed by atoms with E-state index in [2.05, 4.69) is 40.6 Å². The van der Waals surface area contributed by atoms with E-state index in [1.54, 1.807) is 4.57 Å². The zero-order valence-corrected chi connectivity index (χ0v) is 18.1. The smallest absolute Gasteiger partial charge is 0.327 e. The summed E-state index contributed by atoms with van der Waals surface area (Å²) in [5, 5.41) is 0. The van der Waals surface area contributed by atoms with Crippen molar-refractivity contribution in [2.24, 2.45) is 5.92 Å². The first-order valence-electron chi connectivity index (χ1n) is 11.2. The fourth-order valence-electron chi connectivity index (χ4n) is 4.33. The van der Waals surface area contributed by atoms with E-state index in [1.165, 1.54) is 25.7 Å². The Labute approximate surface area is 172 Å². The Bertz CT molecular complexity index is 834. The molecule has 0 amide bonds. The molecule has 0 atom stereocenters. The number of nitrogen functional groups attached to an aromatic ring is 1. The van der Waals surface area contributed by atoms with Crippen LogP contribution < -0.4 is 16.2 Å². The SMILES string of the molecule is CCCCOc1nc(N)c2[nH]c(=O)n(CCC3CCN(C(CC)CC)CC3)c2n1. The van der Waals surface area contributed by atoms with E-state index in [0.717, 1.165) is 32.4 Å². The number of nitrogens with two attached hydrogens (primary N) is 1. The highest BCUT2D eigenvalue weighted by Gasteiger charge is 2.24. The van der Waals surface area contributed by atoms with Gasteiger partial charge in [-0.2, -0.15) is 9.97 Å². The molecule has 0 unspecified atom stereocenters. The largest absolute Gasteiger partial charge is 0.463 e. The van der Waals surface area contributed by atoms with E-state index in [-0.39, 0.29) is 17.5 Å². The molecule has 0 spiro atoms. The number of imidazole rings is 1. The van der Waals surface area contributed by atoms with E-state index in [9.17, 15) is 4.79 Å². The van der Waals surface area contributed by atoms with Crippen molar-refractivity contribution in [3.8, 4) is 6.01 Å². The highest BCUT2D eigenvalue weighted by Crippen LogP contribution is 2.25. The van der Waals surface area contributed by atoms with Gasteiger partial charge in [0.2, 0.25) is 0 Å². The van der Waals surface area contributed by atoms with Crippen LogP contribution in [0.15, 0.2) is 4.79 Å². The minimum absolute atomic E-state index is 0.179. The van der Waals surface area contributed by atoms with E-state index >= 15 is 0 Å². The van der Waals surface area contributed by atoms with Crippen LogP contribution in [-0.4, -0.2) is 50.2 Å². The van der Waals surface area contributed by atoms with E-state index in [4.69, 9.17) is 10.5 Å². The lowest BCUT2D eigenvalue weighted by Crippen LogP contribution is -2.41. The van der Waals surface area contributed by atoms with Crippen molar-refractivity contribution in [2.75, 3.05) is 25.4 Å². The number of likely N-dealkylation sites (tertiary alicyclic amines) is 1. The molecular formula is C21H36N6O2. The number of aromatic nitrogens is 4. The van der Waals surface area contributed by atoms with Gasteiger partial charge in [-0.25, -0.2) is 4.79 Å². The van der Waals surface area contributed by atoms with Gasteiger partial charge in [0, 0.05) is 12.6 Å². The zero-order valence-electron chi connectivity index (χ0n) is 18.1. The first-order valence-corrected chi connectivity index (χ1v) is 11.2. The van der Waals surface area contributed by atoms with Gasteiger partial charge in [0.15, 0.2) is 11.5 Å². The van der Waals surface area contributed by atoms with E-state index in [1.807, 2.05) is 0 Å². The second-order valence-corrected chi connectivity index (χ2v) is 8.11. The average molecular weight is 405 g/mol. The quantitative estimate of drug-likeness (QED) is 0.590. The molecule has 0 bridgehead atoms. The molecular weight excluding hydrogens is 368 g/mol. The molecule has 0 radical (unpaired) electrons. The van der Waals surface area contributed by atoms with Crippen LogP contribution in [0.4, 0.5) is 5.82 Å². The summed E-state index contributed by atoms with van der Waals surface area (Å²) >= 11 is 0. The number of aromatic amines is 1. The maximum atomic E-state index is 12.5. The van der Waals surface area contributed by atoms with Gasteiger partial charge in [-0.05, 0) is 57.5 Å². The van der Waals surface area contributed by atoms with Crippen molar-refractivity contribution in [1.82, 2.24) is 24.4 Å². The molecule has 1 saturated heterocycles. The Morgan fingerprint density at radius 3 is 2.59 bits per heavy atom. The predicted octanol–water partition coefficient (Wildman–Crippen LogP) is 3.17. The summed E-state index contributed by atoms with van der Waals surface area (Å²) in [6.45, 7) is 10.1. The highest BCUT2D eigenvalue weighted by molar-refractivity contribution is 5.81. The predicted molar refractivity (Wildman–Crippen MR) is 116 cm³/mol. The van der Waals surface area contributed by atoms with Crippen LogP contribution in [0, 0.1) is 5.92 Å². The molecule has 8 heteroatoms. The zero-order chi connectivity index (χ0) is 20.8. The number of H-pyrrole nitrogens is 1. The summed E-state index contributed by atoms with van der Waals surface area (Å²) in [5.41, 5.74) is 6.90. The average Bonchev–Trinajstić information content (AvgIpc) is 3.04. The third-order valence-corrected chi connectivity index (χ3v) is 6.23. The number of anilines is 1. The van der Waals surface area contributed by atoms with Crippen molar-refractivity contribution < 1.29 is 4.74 Å². The van der Waals surface area contributed by atoms with Gasteiger partial charge < -0.3 is 20.4 Å². The van der Waals surface area contributed by atoms with Crippen LogP contribution in [0.5, 0.6) is 6.01 Å². The third kappa shape index (κ3) is 5.10. The summed E-state index contributed by atoms with van der Waals surface area (Å²) in [7, 11) is 0. The van der Waals surface area contributed by atoms with Crippen molar-refractivity contribution >= 4 is 17.0 Å². The molecule has 29 heavy (non-hydrogen) atoms. The van der Waals surface area contributed by atoms with Crippen LogP contribution in [0.3, 0.4) is 0 Å². The fraction of sp³-hybridized carbons (Fsp3) is 0.762. The van der Waals surface area contributed by atoms with Crippen molar-refractivity contribution in [3.63, 3.8) is 0 Å². The summed E-state index contributed by atoms with van der Waals surface area (Å²) in [5.74, 6) is 0.896. The molecule has 2 aromatic rings. The number of hydrogen-bond acceptors (Lipinski definition) is 6. The maximum Gasteiger partial charge on any atom is 0.327 e. The topological polar surface area (TPSA) is 102 Å². The molecule has 1 fully saturated rings. The lowest BCUT2D eigenvalue weighted by molar-refractivity contribution is 0.121. The highest BCUT2D eigenvalue weighted by atomic mass is 16.5. The minimum atomic E-state index is -0.179. The Morgan fingerprint density at radius 1 is 1.21 bits per heavy atom.